The minimum Gasteiger partial charge on any atom is -0.315 e. The highest BCUT2D eigenvalue weighted by atomic mass is 79.9. The topological polar surface area (TPSA) is 22.0 Å². The van der Waals surface area contributed by atoms with Crippen LogP contribution in [-0.2, 0) is 6.54 Å². The van der Waals surface area contributed by atoms with Gasteiger partial charge in [-0.05, 0) is 28.9 Å². The molecule has 102 valence electrons. The third kappa shape index (κ3) is 3.08. The van der Waals surface area contributed by atoms with Crippen LogP contribution in [0.5, 0.6) is 0 Å². The van der Waals surface area contributed by atoms with Crippen LogP contribution in [0.25, 0.3) is 10.8 Å². The van der Waals surface area contributed by atoms with Gasteiger partial charge in [0.2, 0.25) is 0 Å². The van der Waals surface area contributed by atoms with Gasteiger partial charge in [-0.2, -0.15) is 0 Å². The van der Waals surface area contributed by atoms with Crippen LogP contribution < -0.4 is 5.56 Å². The Morgan fingerprint density at radius 3 is 2.53 bits per heavy atom. The van der Waals surface area contributed by atoms with Crippen LogP contribution in [0.15, 0.2) is 41.3 Å². The second-order valence-electron chi connectivity index (χ2n) is 6.08. The van der Waals surface area contributed by atoms with Gasteiger partial charge >= 0.3 is 0 Å². The number of hydrogen-bond donors (Lipinski definition) is 0. The second-order valence-corrected chi connectivity index (χ2v) is 6.73. The molecule has 0 N–H and O–H groups in total. The average molecular weight is 322 g/mol. The predicted molar refractivity (Wildman–Crippen MR) is 84.9 cm³/mol. The lowest BCUT2D eigenvalue weighted by Crippen LogP contribution is -2.31. The van der Waals surface area contributed by atoms with E-state index in [-0.39, 0.29) is 11.0 Å². The van der Waals surface area contributed by atoms with E-state index in [0.29, 0.717) is 5.92 Å². The van der Waals surface area contributed by atoms with Crippen LogP contribution in [0.2, 0.25) is 0 Å². The number of halogens is 1. The zero-order valence-electron chi connectivity index (χ0n) is 11.7. The minimum absolute atomic E-state index is 0.105. The molecule has 0 radical (unpaired) electrons. The van der Waals surface area contributed by atoms with E-state index in [1.165, 1.54) is 0 Å². The Morgan fingerprint density at radius 2 is 1.89 bits per heavy atom. The maximum Gasteiger partial charge on any atom is 0.258 e. The Labute approximate surface area is 122 Å². The van der Waals surface area contributed by atoms with Crippen LogP contribution in [-0.4, -0.2) is 9.90 Å². The Balaban J connectivity index is 2.41. The molecule has 1 aromatic heterocycles. The lowest BCUT2D eigenvalue weighted by Gasteiger charge is -2.29. The summed E-state index contributed by atoms with van der Waals surface area (Å²) in [5, 5.41) is 2.71. The van der Waals surface area contributed by atoms with E-state index in [9.17, 15) is 4.79 Å². The predicted octanol–water partition coefficient (Wildman–Crippen LogP) is 4.06. The third-order valence-corrected chi connectivity index (χ3v) is 4.50. The van der Waals surface area contributed by atoms with Crippen LogP contribution in [0.4, 0.5) is 0 Å². The van der Waals surface area contributed by atoms with Gasteiger partial charge in [-0.1, -0.05) is 54.9 Å². The van der Waals surface area contributed by atoms with Gasteiger partial charge in [0.25, 0.3) is 5.56 Å². The highest BCUT2D eigenvalue weighted by molar-refractivity contribution is 9.09. The van der Waals surface area contributed by atoms with Crippen LogP contribution in [0, 0.1) is 11.3 Å². The van der Waals surface area contributed by atoms with Crippen molar-refractivity contribution in [3.8, 4) is 0 Å². The molecule has 3 heteroatoms. The Bertz CT molecular complexity index is 624. The maximum atomic E-state index is 12.5. The molecule has 0 saturated carbocycles. The number of hydrogen-bond acceptors (Lipinski definition) is 1. The number of pyridine rings is 1. The van der Waals surface area contributed by atoms with E-state index in [4.69, 9.17) is 0 Å². The van der Waals surface area contributed by atoms with Crippen molar-refractivity contribution in [3.05, 3.63) is 46.9 Å². The molecule has 0 aliphatic heterocycles. The molecule has 1 atom stereocenters. The first-order chi connectivity index (χ1) is 8.93. The van der Waals surface area contributed by atoms with Crippen molar-refractivity contribution in [1.82, 2.24) is 4.57 Å². The van der Waals surface area contributed by atoms with Crippen molar-refractivity contribution >= 4 is 26.7 Å². The highest BCUT2D eigenvalue weighted by Gasteiger charge is 2.24. The standard InChI is InChI=1S/C16H20BrNO/c1-16(2,3)13(10-17)11-18-9-8-12-6-4-5-7-14(12)15(18)19/h4-9,13H,10-11H2,1-3H3. The van der Waals surface area contributed by atoms with Crippen molar-refractivity contribution in [1.29, 1.82) is 0 Å². The molecule has 1 heterocycles. The summed E-state index contributed by atoms with van der Waals surface area (Å²) in [7, 11) is 0. The van der Waals surface area contributed by atoms with Crippen LogP contribution >= 0.6 is 15.9 Å². The summed E-state index contributed by atoms with van der Waals surface area (Å²) in [6.07, 6.45) is 1.91. The molecule has 2 aromatic rings. The molecule has 1 unspecified atom stereocenters. The van der Waals surface area contributed by atoms with Gasteiger partial charge in [0.1, 0.15) is 0 Å². The molecule has 0 saturated heterocycles. The fraction of sp³-hybridized carbons (Fsp3) is 0.438. The SMILES string of the molecule is CC(C)(C)C(CBr)Cn1ccc2ccccc2c1=O. The van der Waals surface area contributed by atoms with Gasteiger partial charge in [0, 0.05) is 23.5 Å². The lowest BCUT2D eigenvalue weighted by atomic mass is 9.82. The second kappa shape index (κ2) is 5.49. The van der Waals surface area contributed by atoms with Crippen molar-refractivity contribution in [2.24, 2.45) is 11.3 Å². The smallest absolute Gasteiger partial charge is 0.258 e. The van der Waals surface area contributed by atoms with Crippen LogP contribution in [0.3, 0.4) is 0 Å². The first kappa shape index (κ1) is 14.3. The van der Waals surface area contributed by atoms with Gasteiger partial charge in [0.05, 0.1) is 0 Å². The number of benzene rings is 1. The summed E-state index contributed by atoms with van der Waals surface area (Å²) in [5.41, 5.74) is 0.280. The summed E-state index contributed by atoms with van der Waals surface area (Å²) in [5.74, 6) is 0.423. The molecule has 0 fully saturated rings. The maximum absolute atomic E-state index is 12.5. The molecule has 2 nitrogen and oxygen atoms in total. The fourth-order valence-electron chi connectivity index (χ4n) is 2.17. The van der Waals surface area contributed by atoms with E-state index in [2.05, 4.69) is 36.7 Å². The number of rotatable bonds is 3. The normalized spacial score (nSPS) is 13.7. The number of nitrogens with zero attached hydrogens (tertiary/aromatic N) is 1. The van der Waals surface area contributed by atoms with Crippen molar-refractivity contribution in [2.45, 2.75) is 27.3 Å². The summed E-state index contributed by atoms with van der Waals surface area (Å²) in [6.45, 7) is 7.39. The average Bonchev–Trinajstić information content (AvgIpc) is 2.37. The molecule has 2 rings (SSSR count). The molecule has 19 heavy (non-hydrogen) atoms. The quantitative estimate of drug-likeness (QED) is 0.781. The largest absolute Gasteiger partial charge is 0.315 e. The number of aromatic nitrogens is 1. The monoisotopic (exact) mass is 321 g/mol. The summed E-state index contributed by atoms with van der Waals surface area (Å²) in [6, 6.07) is 9.77. The van der Waals surface area contributed by atoms with Gasteiger partial charge < -0.3 is 4.57 Å². The first-order valence-corrected chi connectivity index (χ1v) is 7.70. The molecule has 1 aromatic carbocycles. The fourth-order valence-corrected chi connectivity index (χ4v) is 3.34. The Kier molecular flexibility index (Phi) is 4.14. The first-order valence-electron chi connectivity index (χ1n) is 6.57. The van der Waals surface area contributed by atoms with E-state index in [1.807, 2.05) is 41.1 Å². The molecular weight excluding hydrogens is 302 g/mol. The Hall–Kier alpha value is -1.09. The van der Waals surface area contributed by atoms with E-state index in [0.717, 1.165) is 22.6 Å². The van der Waals surface area contributed by atoms with Crippen molar-refractivity contribution in [3.63, 3.8) is 0 Å². The van der Waals surface area contributed by atoms with Gasteiger partial charge in [-0.3, -0.25) is 4.79 Å². The van der Waals surface area contributed by atoms with Gasteiger partial charge in [-0.15, -0.1) is 0 Å². The zero-order valence-corrected chi connectivity index (χ0v) is 13.3. The lowest BCUT2D eigenvalue weighted by molar-refractivity contribution is 0.237. The van der Waals surface area contributed by atoms with Crippen molar-refractivity contribution in [2.75, 3.05) is 5.33 Å². The number of fused-ring (bicyclic) bond motifs is 1. The number of alkyl halides is 1. The third-order valence-electron chi connectivity index (χ3n) is 3.71. The van der Waals surface area contributed by atoms with Crippen LogP contribution in [0.1, 0.15) is 20.8 Å². The summed E-state index contributed by atoms with van der Waals surface area (Å²) in [4.78, 5) is 12.5. The zero-order chi connectivity index (χ0) is 14.0. The molecule has 0 amide bonds. The summed E-state index contributed by atoms with van der Waals surface area (Å²) < 4.78 is 1.83. The molecule has 0 aliphatic carbocycles. The van der Waals surface area contributed by atoms with E-state index in [1.54, 1.807) is 0 Å². The van der Waals surface area contributed by atoms with E-state index >= 15 is 0 Å². The van der Waals surface area contributed by atoms with E-state index < -0.39 is 0 Å². The minimum atomic E-state index is 0.105. The molecular formula is C16H20BrNO. The Morgan fingerprint density at radius 1 is 1.21 bits per heavy atom. The highest BCUT2D eigenvalue weighted by Crippen LogP contribution is 2.28. The molecule has 0 aliphatic rings. The molecule has 0 spiro atoms. The molecule has 0 bridgehead atoms. The van der Waals surface area contributed by atoms with Crippen molar-refractivity contribution < 1.29 is 0 Å². The summed E-state index contributed by atoms with van der Waals surface area (Å²) >= 11 is 3.57. The van der Waals surface area contributed by atoms with Gasteiger partial charge in [-0.25, -0.2) is 0 Å². The van der Waals surface area contributed by atoms with Gasteiger partial charge in [0.15, 0.2) is 0 Å².